The van der Waals surface area contributed by atoms with E-state index in [2.05, 4.69) is 11.0 Å². The van der Waals surface area contributed by atoms with Gasteiger partial charge in [0.05, 0.1) is 19.8 Å². The van der Waals surface area contributed by atoms with Gasteiger partial charge in [-0.1, -0.05) is 26.8 Å². The van der Waals surface area contributed by atoms with Gasteiger partial charge in [0.25, 0.3) is 11.5 Å². The van der Waals surface area contributed by atoms with E-state index in [1.165, 1.54) is 0 Å². The Morgan fingerprint density at radius 3 is 2.23 bits per heavy atom. The van der Waals surface area contributed by atoms with Gasteiger partial charge in [-0.15, -0.1) is 0 Å². The fourth-order valence-electron chi connectivity index (χ4n) is 5.55. The van der Waals surface area contributed by atoms with E-state index in [4.69, 9.17) is 9.47 Å². The summed E-state index contributed by atoms with van der Waals surface area (Å²) < 4.78 is 13.4. The Labute approximate surface area is 231 Å². The number of piperazine rings is 1. The van der Waals surface area contributed by atoms with Gasteiger partial charge in [-0.2, -0.15) is 5.26 Å². The smallest absolute Gasteiger partial charge is 0.264 e. The number of methoxy groups -OCH3 is 2. The average Bonchev–Trinajstić information content (AvgIpc) is 3.67. The third-order valence-corrected chi connectivity index (χ3v) is 8.04. The Kier molecular flexibility index (Phi) is 7.68. The zero-order chi connectivity index (χ0) is 28.7. The van der Waals surface area contributed by atoms with Crippen LogP contribution in [0.2, 0.25) is 0 Å². The molecular weight excluding hydrogens is 492 g/mol. The minimum absolute atomic E-state index is 0.00468. The average molecular weight is 533 g/mol. The molecule has 1 saturated carbocycles. The summed E-state index contributed by atoms with van der Waals surface area (Å²) in [4.78, 5) is 29.9. The molecule has 0 N–H and O–H groups in total. The Balaban J connectivity index is 1.62. The van der Waals surface area contributed by atoms with E-state index in [-0.39, 0.29) is 28.0 Å². The van der Waals surface area contributed by atoms with E-state index in [1.54, 1.807) is 31.9 Å². The highest BCUT2D eigenvalue weighted by atomic mass is 16.5. The Bertz CT molecular complexity index is 1390. The van der Waals surface area contributed by atoms with E-state index in [1.807, 2.05) is 57.8 Å². The monoisotopic (exact) mass is 532 g/mol. The number of rotatable bonds is 6. The zero-order valence-electron chi connectivity index (χ0n) is 24.5. The van der Waals surface area contributed by atoms with Crippen LogP contribution in [0.25, 0.3) is 11.1 Å². The molecule has 1 aliphatic heterocycles. The minimum atomic E-state index is -0.245. The van der Waals surface area contributed by atoms with Gasteiger partial charge in [0.2, 0.25) is 0 Å². The van der Waals surface area contributed by atoms with Crippen molar-refractivity contribution in [3.8, 4) is 28.7 Å². The molecule has 8 heteroatoms. The number of aryl methyl sites for hydroxylation is 1. The third-order valence-electron chi connectivity index (χ3n) is 8.04. The normalized spacial score (nSPS) is 17.2. The van der Waals surface area contributed by atoms with Crippen molar-refractivity contribution >= 4 is 5.91 Å². The van der Waals surface area contributed by atoms with Gasteiger partial charge < -0.3 is 18.9 Å². The van der Waals surface area contributed by atoms with Crippen molar-refractivity contribution in [1.29, 1.82) is 5.26 Å². The lowest BCUT2D eigenvalue weighted by atomic mass is 9.93. The van der Waals surface area contributed by atoms with Crippen LogP contribution in [0.4, 0.5) is 0 Å². The summed E-state index contributed by atoms with van der Waals surface area (Å²) in [5, 5.41) is 9.64. The minimum Gasteiger partial charge on any atom is -0.496 e. The highest BCUT2D eigenvalue weighted by Crippen LogP contribution is 2.47. The number of carbonyl (C=O) groups is 1. The molecule has 2 fully saturated rings. The third kappa shape index (κ3) is 5.60. The summed E-state index contributed by atoms with van der Waals surface area (Å²) in [6.45, 7) is 12.3. The molecule has 1 amide bonds. The molecule has 2 heterocycles. The molecule has 0 atom stereocenters. The number of carbonyl (C=O) groups excluding carboxylic acids is 1. The summed E-state index contributed by atoms with van der Waals surface area (Å²) in [5.74, 6) is 1.27. The van der Waals surface area contributed by atoms with Crippen molar-refractivity contribution in [3.05, 3.63) is 57.0 Å². The predicted octanol–water partition coefficient (Wildman–Crippen LogP) is 4.36. The van der Waals surface area contributed by atoms with Gasteiger partial charge >= 0.3 is 0 Å². The van der Waals surface area contributed by atoms with Gasteiger partial charge in [-0.25, -0.2) is 0 Å². The molecule has 1 spiro atoms. The lowest BCUT2D eigenvalue weighted by Gasteiger charge is -2.42. The summed E-state index contributed by atoms with van der Waals surface area (Å²) in [6.07, 6.45) is 5.63. The van der Waals surface area contributed by atoms with Crippen molar-refractivity contribution in [1.82, 2.24) is 14.4 Å². The molecule has 4 rings (SSSR count). The van der Waals surface area contributed by atoms with E-state index in [0.717, 1.165) is 52.2 Å². The maximum Gasteiger partial charge on any atom is 0.264 e. The molecule has 2 aliphatic rings. The first-order valence-corrected chi connectivity index (χ1v) is 13.4. The van der Waals surface area contributed by atoms with Crippen molar-refractivity contribution in [2.24, 2.45) is 12.5 Å². The lowest BCUT2D eigenvalue weighted by molar-refractivity contribution is -0.130. The summed E-state index contributed by atoms with van der Waals surface area (Å²) in [7, 11) is 5.09. The number of nitriles is 1. The standard InChI is InChI=1S/C31H40N4O4/c1-20-21(2)28(36)33(6)17-24(20)22-13-26(38-7)25(27(14-22)39-8)18-35-12-11-34(19-31(35)9-10-31)29(37)23(16-32)15-30(3,4)5/h13-15,17H,9-12,18-19H2,1-8H3/b23-15+. The number of benzene rings is 1. The van der Waals surface area contributed by atoms with Gasteiger partial charge in [0, 0.05) is 56.1 Å². The molecule has 1 aromatic carbocycles. The molecule has 2 aromatic rings. The number of aromatic nitrogens is 1. The number of nitrogens with zero attached hydrogens (tertiary/aromatic N) is 4. The van der Waals surface area contributed by atoms with Crippen LogP contribution in [0.3, 0.4) is 0 Å². The van der Waals surface area contributed by atoms with Crippen LogP contribution in [0.5, 0.6) is 11.5 Å². The fourth-order valence-corrected chi connectivity index (χ4v) is 5.55. The van der Waals surface area contributed by atoms with Crippen molar-refractivity contribution < 1.29 is 14.3 Å². The topological polar surface area (TPSA) is 87.8 Å². The second-order valence-electron chi connectivity index (χ2n) is 12.0. The summed E-state index contributed by atoms with van der Waals surface area (Å²) in [5.41, 5.74) is 4.36. The summed E-state index contributed by atoms with van der Waals surface area (Å²) >= 11 is 0. The largest absolute Gasteiger partial charge is 0.496 e. The highest BCUT2D eigenvalue weighted by Gasteiger charge is 2.52. The molecule has 0 radical (unpaired) electrons. The van der Waals surface area contributed by atoms with Crippen LogP contribution in [0.1, 0.15) is 50.3 Å². The molecule has 0 unspecified atom stereocenters. The number of pyridine rings is 1. The lowest BCUT2D eigenvalue weighted by Crippen LogP contribution is -2.56. The van der Waals surface area contributed by atoms with Gasteiger partial charge in [0.15, 0.2) is 0 Å². The second kappa shape index (κ2) is 10.5. The maximum atomic E-state index is 13.2. The van der Waals surface area contributed by atoms with E-state index in [9.17, 15) is 14.9 Å². The van der Waals surface area contributed by atoms with E-state index in [0.29, 0.717) is 26.2 Å². The molecule has 0 bridgehead atoms. The molecule has 1 aromatic heterocycles. The first-order chi connectivity index (χ1) is 18.3. The Morgan fingerprint density at radius 1 is 1.10 bits per heavy atom. The van der Waals surface area contributed by atoms with Gasteiger partial charge in [-0.05, 0) is 55.4 Å². The molecule has 1 saturated heterocycles. The first kappa shape index (κ1) is 28.4. The Hall–Kier alpha value is -3.57. The highest BCUT2D eigenvalue weighted by molar-refractivity contribution is 5.97. The fraction of sp³-hybridized carbons (Fsp3) is 0.516. The van der Waals surface area contributed by atoms with Crippen molar-refractivity contribution in [2.75, 3.05) is 33.9 Å². The van der Waals surface area contributed by atoms with Crippen LogP contribution in [0.15, 0.2) is 34.8 Å². The molecule has 39 heavy (non-hydrogen) atoms. The quantitative estimate of drug-likeness (QED) is 0.406. The van der Waals surface area contributed by atoms with E-state index >= 15 is 0 Å². The Morgan fingerprint density at radius 2 is 1.72 bits per heavy atom. The zero-order valence-corrected chi connectivity index (χ0v) is 24.5. The number of ether oxygens (including phenoxy) is 2. The van der Waals surface area contributed by atoms with Gasteiger partial charge in [0.1, 0.15) is 23.1 Å². The van der Waals surface area contributed by atoms with Crippen LogP contribution in [0, 0.1) is 30.6 Å². The van der Waals surface area contributed by atoms with Gasteiger partial charge in [-0.3, -0.25) is 14.5 Å². The second-order valence-corrected chi connectivity index (χ2v) is 12.0. The number of allylic oxidation sites excluding steroid dienone is 1. The first-order valence-electron chi connectivity index (χ1n) is 13.4. The predicted molar refractivity (Wildman–Crippen MR) is 152 cm³/mol. The van der Waals surface area contributed by atoms with Crippen molar-refractivity contribution in [3.63, 3.8) is 0 Å². The number of amides is 1. The van der Waals surface area contributed by atoms with Crippen LogP contribution in [-0.4, -0.2) is 59.7 Å². The SMILES string of the molecule is COc1cc(-c2cn(C)c(=O)c(C)c2C)cc(OC)c1CN1CCN(C(=O)/C(C#N)=C/C(C)(C)C)CC12CC2. The molecule has 8 nitrogen and oxygen atoms in total. The molecular formula is C31H40N4O4. The number of hydrogen-bond acceptors (Lipinski definition) is 6. The van der Waals surface area contributed by atoms with Crippen LogP contribution >= 0.6 is 0 Å². The molecule has 208 valence electrons. The maximum absolute atomic E-state index is 13.2. The number of hydrogen-bond donors (Lipinski definition) is 0. The summed E-state index contributed by atoms with van der Waals surface area (Å²) in [6, 6.07) is 6.15. The van der Waals surface area contributed by atoms with Crippen LogP contribution < -0.4 is 15.0 Å². The van der Waals surface area contributed by atoms with E-state index < -0.39 is 0 Å². The van der Waals surface area contributed by atoms with Crippen molar-refractivity contribution in [2.45, 2.75) is 59.5 Å². The molecule has 1 aliphatic carbocycles. The van der Waals surface area contributed by atoms with Crippen LogP contribution in [-0.2, 0) is 18.4 Å².